The third-order valence-corrected chi connectivity index (χ3v) is 5.25. The quantitative estimate of drug-likeness (QED) is 0.721. The van der Waals surface area contributed by atoms with Gasteiger partial charge in [0.25, 0.3) is 0 Å². The van der Waals surface area contributed by atoms with Crippen LogP contribution in [0, 0.1) is 23.2 Å². The molecule has 0 saturated heterocycles. The van der Waals surface area contributed by atoms with Crippen LogP contribution in [0.25, 0.3) is 21.9 Å². The fraction of sp³-hybridized carbons (Fsp3) is 0.238. The maximum absolute atomic E-state index is 12.2. The highest BCUT2D eigenvalue weighted by atomic mass is 35.5. The average Bonchev–Trinajstić information content (AvgIpc) is 3.47. The van der Waals surface area contributed by atoms with Gasteiger partial charge in [0.2, 0.25) is 5.91 Å². The molecule has 2 heterocycles. The molecule has 0 aliphatic heterocycles. The molecule has 2 atom stereocenters. The van der Waals surface area contributed by atoms with Gasteiger partial charge in [0, 0.05) is 29.5 Å². The van der Waals surface area contributed by atoms with Crippen molar-refractivity contribution in [3.05, 3.63) is 53.4 Å². The molecule has 0 radical (unpaired) electrons. The maximum atomic E-state index is 12.2. The molecule has 27 heavy (non-hydrogen) atoms. The molecule has 0 unspecified atom stereocenters. The zero-order chi connectivity index (χ0) is 19.0. The number of carbonyl (C=O) groups excluding carboxylic acids is 1. The van der Waals surface area contributed by atoms with E-state index in [0.717, 1.165) is 28.3 Å². The van der Waals surface area contributed by atoms with Crippen LogP contribution >= 0.6 is 11.6 Å². The first-order valence-electron chi connectivity index (χ1n) is 8.83. The number of hydrogen-bond donors (Lipinski definition) is 1. The minimum Gasteiger partial charge on any atom is -0.310 e. The van der Waals surface area contributed by atoms with Gasteiger partial charge in [-0.2, -0.15) is 5.26 Å². The molecule has 4 rings (SSSR count). The summed E-state index contributed by atoms with van der Waals surface area (Å²) in [6.07, 6.45) is 6.80. The van der Waals surface area contributed by atoms with E-state index in [9.17, 15) is 4.79 Å². The first-order valence-corrected chi connectivity index (χ1v) is 9.21. The Hall–Kier alpha value is -2.97. The summed E-state index contributed by atoms with van der Waals surface area (Å²) in [5.41, 5.74) is 3.22. The monoisotopic (exact) mass is 376 g/mol. The number of aryl methyl sites for hydroxylation is 1. The predicted octanol–water partition coefficient (Wildman–Crippen LogP) is 4.61. The van der Waals surface area contributed by atoms with Crippen molar-refractivity contribution in [1.29, 1.82) is 5.26 Å². The lowest BCUT2D eigenvalue weighted by Crippen LogP contribution is -2.15. The number of nitriles is 1. The maximum Gasteiger partial charge on any atom is 0.230 e. The lowest BCUT2D eigenvalue weighted by molar-refractivity contribution is -0.117. The first-order chi connectivity index (χ1) is 13.1. The summed E-state index contributed by atoms with van der Waals surface area (Å²) >= 11 is 6.48. The van der Waals surface area contributed by atoms with Crippen molar-refractivity contribution in [2.24, 2.45) is 11.8 Å². The van der Waals surface area contributed by atoms with Gasteiger partial charge in [-0.25, -0.2) is 4.98 Å². The van der Waals surface area contributed by atoms with Gasteiger partial charge in [0.15, 0.2) is 0 Å². The Kier molecular flexibility index (Phi) is 4.51. The number of hydrogen-bond acceptors (Lipinski definition) is 4. The summed E-state index contributed by atoms with van der Waals surface area (Å²) in [7, 11) is 0. The van der Waals surface area contributed by atoms with E-state index >= 15 is 0 Å². The highest BCUT2D eigenvalue weighted by Crippen LogP contribution is 2.38. The number of amides is 1. The Labute approximate surface area is 162 Å². The summed E-state index contributed by atoms with van der Waals surface area (Å²) in [6.45, 7) is 2.10. The Morgan fingerprint density at radius 1 is 1.37 bits per heavy atom. The molecule has 1 fully saturated rings. The number of halogens is 1. The number of nitrogens with one attached hydrogen (secondary N) is 1. The zero-order valence-corrected chi connectivity index (χ0v) is 15.5. The molecular weight excluding hydrogens is 360 g/mol. The Bertz CT molecular complexity index is 1090. The number of anilines is 1. The molecule has 3 aromatic rings. The summed E-state index contributed by atoms with van der Waals surface area (Å²) in [6, 6.07) is 9.90. The Morgan fingerprint density at radius 2 is 2.22 bits per heavy atom. The topological polar surface area (TPSA) is 78.7 Å². The van der Waals surface area contributed by atoms with Crippen molar-refractivity contribution >= 4 is 34.1 Å². The normalized spacial score (nSPS) is 18.1. The number of nitrogens with zero attached hydrogens (tertiary/aromatic N) is 3. The largest absolute Gasteiger partial charge is 0.310 e. The molecule has 6 heteroatoms. The van der Waals surface area contributed by atoms with Crippen LogP contribution in [0.1, 0.15) is 18.9 Å². The van der Waals surface area contributed by atoms with E-state index in [4.69, 9.17) is 16.9 Å². The molecule has 0 bridgehead atoms. The molecule has 0 spiro atoms. The van der Waals surface area contributed by atoms with Crippen molar-refractivity contribution in [2.75, 3.05) is 5.32 Å². The summed E-state index contributed by atoms with van der Waals surface area (Å²) in [5.74, 6) is -0.100. The SMILES string of the molecule is CCc1ccncc1-c1cc(Cl)c2cnc(NC(=O)[C@@H]3C[C@@H]3C#N)cc2c1. The minimum absolute atomic E-state index is 0.156. The van der Waals surface area contributed by atoms with Crippen molar-refractivity contribution in [3.8, 4) is 17.2 Å². The van der Waals surface area contributed by atoms with Gasteiger partial charge >= 0.3 is 0 Å². The second-order valence-electron chi connectivity index (χ2n) is 6.70. The van der Waals surface area contributed by atoms with E-state index in [1.807, 2.05) is 30.5 Å². The smallest absolute Gasteiger partial charge is 0.230 e. The number of rotatable bonds is 4. The van der Waals surface area contributed by atoms with Crippen LogP contribution < -0.4 is 5.32 Å². The standard InChI is InChI=1S/C21H17ClN4O/c1-2-12-3-4-24-10-17(12)13-5-14-8-20(25-11-18(14)19(22)7-13)26-21(27)16-6-15(16)9-23/h3-5,7-8,10-11,15-16H,2,6H2,1H3,(H,25,26,27)/t15-,16-/m1/s1. The predicted molar refractivity (Wildman–Crippen MR) is 105 cm³/mol. The van der Waals surface area contributed by atoms with Gasteiger partial charge in [-0.3, -0.25) is 9.78 Å². The Balaban J connectivity index is 1.70. The lowest BCUT2D eigenvalue weighted by Gasteiger charge is -2.11. The van der Waals surface area contributed by atoms with Gasteiger partial charge in [-0.05, 0) is 53.6 Å². The van der Waals surface area contributed by atoms with Crippen LogP contribution in [-0.4, -0.2) is 15.9 Å². The average molecular weight is 377 g/mol. The molecule has 1 aromatic carbocycles. The van der Waals surface area contributed by atoms with Crippen LogP contribution in [0.15, 0.2) is 42.9 Å². The van der Waals surface area contributed by atoms with Crippen molar-refractivity contribution in [2.45, 2.75) is 19.8 Å². The lowest BCUT2D eigenvalue weighted by atomic mass is 9.98. The van der Waals surface area contributed by atoms with Gasteiger partial charge in [-0.15, -0.1) is 0 Å². The second-order valence-corrected chi connectivity index (χ2v) is 7.11. The number of aromatic nitrogens is 2. The summed E-state index contributed by atoms with van der Waals surface area (Å²) in [5, 5.41) is 14.0. The molecule has 1 amide bonds. The summed E-state index contributed by atoms with van der Waals surface area (Å²) in [4.78, 5) is 20.7. The molecule has 5 nitrogen and oxygen atoms in total. The van der Waals surface area contributed by atoms with Crippen LogP contribution in [0.3, 0.4) is 0 Å². The van der Waals surface area contributed by atoms with Gasteiger partial charge in [0.1, 0.15) is 5.82 Å². The van der Waals surface area contributed by atoms with Gasteiger partial charge in [0.05, 0.1) is 22.9 Å². The molecule has 1 N–H and O–H groups in total. The van der Waals surface area contributed by atoms with Crippen molar-refractivity contribution < 1.29 is 4.79 Å². The molecule has 2 aromatic heterocycles. The number of benzene rings is 1. The molecule has 134 valence electrons. The van der Waals surface area contributed by atoms with E-state index < -0.39 is 0 Å². The fourth-order valence-corrected chi connectivity index (χ4v) is 3.55. The number of carbonyl (C=O) groups is 1. The number of fused-ring (bicyclic) bond motifs is 1. The molecule has 1 aliphatic carbocycles. The van der Waals surface area contributed by atoms with E-state index in [-0.39, 0.29) is 17.7 Å². The van der Waals surface area contributed by atoms with Crippen LogP contribution in [0.4, 0.5) is 5.82 Å². The minimum atomic E-state index is -0.232. The van der Waals surface area contributed by atoms with Crippen molar-refractivity contribution in [3.63, 3.8) is 0 Å². The third kappa shape index (κ3) is 3.36. The second kappa shape index (κ2) is 6.98. The molecular formula is C21H17ClN4O. The van der Waals surface area contributed by atoms with Gasteiger partial charge < -0.3 is 5.32 Å². The van der Waals surface area contributed by atoms with E-state index in [1.54, 1.807) is 12.4 Å². The van der Waals surface area contributed by atoms with Crippen LogP contribution in [0.5, 0.6) is 0 Å². The van der Waals surface area contributed by atoms with Crippen LogP contribution in [-0.2, 0) is 11.2 Å². The summed E-state index contributed by atoms with van der Waals surface area (Å²) < 4.78 is 0. The highest BCUT2D eigenvalue weighted by molar-refractivity contribution is 6.36. The third-order valence-electron chi connectivity index (χ3n) is 4.93. The van der Waals surface area contributed by atoms with Gasteiger partial charge in [-0.1, -0.05) is 18.5 Å². The first kappa shape index (κ1) is 17.4. The van der Waals surface area contributed by atoms with E-state index in [0.29, 0.717) is 17.3 Å². The number of pyridine rings is 2. The fourth-order valence-electron chi connectivity index (χ4n) is 3.28. The highest BCUT2D eigenvalue weighted by Gasteiger charge is 2.43. The Morgan fingerprint density at radius 3 is 2.96 bits per heavy atom. The van der Waals surface area contributed by atoms with Crippen LogP contribution in [0.2, 0.25) is 5.02 Å². The zero-order valence-electron chi connectivity index (χ0n) is 14.7. The molecule has 1 saturated carbocycles. The molecule has 1 aliphatic rings. The van der Waals surface area contributed by atoms with E-state index in [1.165, 1.54) is 5.56 Å². The van der Waals surface area contributed by atoms with E-state index in [2.05, 4.69) is 28.3 Å². The van der Waals surface area contributed by atoms with Crippen molar-refractivity contribution in [1.82, 2.24) is 9.97 Å².